The zero-order valence-corrected chi connectivity index (χ0v) is 44.7. The third kappa shape index (κ3) is 15.2. The van der Waals surface area contributed by atoms with Crippen LogP contribution in [-0.2, 0) is 58.1 Å². The molecular formula is C51H64F2N6O12S2. The lowest BCUT2D eigenvalue weighted by Gasteiger charge is -2.39. The molecule has 2 saturated heterocycles. The molecule has 2 aliphatic heterocycles. The van der Waals surface area contributed by atoms with Crippen LogP contribution in [0.4, 0.5) is 20.7 Å². The highest BCUT2D eigenvalue weighted by atomic mass is 32.2. The van der Waals surface area contributed by atoms with Gasteiger partial charge in [-0.2, -0.15) is 0 Å². The molecule has 4 atom stereocenters. The molecule has 22 heteroatoms. The fourth-order valence-electron chi connectivity index (χ4n) is 8.23. The number of ether oxygens (including phenoxy) is 6. The molecule has 2 aromatic heterocycles. The maximum atomic E-state index is 14.0. The van der Waals surface area contributed by atoms with Crippen molar-refractivity contribution in [1.82, 2.24) is 19.9 Å². The smallest absolute Gasteiger partial charge is 0.311 e. The minimum Gasteiger partial charge on any atom is -0.428 e. The van der Waals surface area contributed by atoms with E-state index in [0.29, 0.717) is 45.0 Å². The predicted octanol–water partition coefficient (Wildman–Crippen LogP) is 8.29. The van der Waals surface area contributed by atoms with Crippen molar-refractivity contribution in [2.24, 2.45) is 0 Å². The van der Waals surface area contributed by atoms with Crippen molar-refractivity contribution >= 4 is 56.0 Å². The normalized spacial score (nSPS) is 20.2. The van der Waals surface area contributed by atoms with E-state index in [4.69, 9.17) is 28.4 Å². The van der Waals surface area contributed by atoms with Crippen molar-refractivity contribution in [1.29, 1.82) is 0 Å². The van der Waals surface area contributed by atoms with E-state index in [1.165, 1.54) is 38.4 Å². The number of nitrogens with zero attached hydrogens (tertiary/aromatic N) is 6. The molecule has 2 fully saturated rings. The number of carbonyl (C=O) groups is 2. The Morgan fingerprint density at radius 1 is 0.630 bits per heavy atom. The van der Waals surface area contributed by atoms with E-state index >= 15 is 0 Å². The molecule has 0 aliphatic carbocycles. The predicted molar refractivity (Wildman–Crippen MR) is 271 cm³/mol. The Morgan fingerprint density at radius 2 is 0.973 bits per heavy atom. The Bertz CT molecular complexity index is 2740. The summed E-state index contributed by atoms with van der Waals surface area (Å²) in [6, 6.07) is 11.3. The molecule has 2 aromatic carbocycles. The molecule has 396 valence electrons. The fraction of sp³-hybridized carbons (Fsp3) is 0.490. The number of hydrogen-bond acceptors (Lipinski definition) is 16. The largest absolute Gasteiger partial charge is 0.428 e. The third-order valence-corrected chi connectivity index (χ3v) is 14.1. The van der Waals surface area contributed by atoms with E-state index in [2.05, 4.69) is 19.9 Å². The van der Waals surface area contributed by atoms with Crippen LogP contribution in [0.1, 0.15) is 115 Å². The molecule has 0 N–H and O–H groups in total. The minimum atomic E-state index is -3.72. The molecule has 0 radical (unpaired) electrons. The number of rotatable bonds is 18. The molecule has 0 saturated carbocycles. The standard InChI is InChI=1S/C51H64F2N6O12S2/c1-30(2)44-40(46(32-13-17-34(52)18-14-32)56-48(54-44)58(9)72(11,62)63)23-21-36-25-38(70-50(5,6)68-36)27-42(60)66-29-67-43(61)28-39-26-37(69-51(7,8)71-39)22-24-41-45(31(3)4)55-49(59(10)73(12,64)65)57-47(41)33-15-19-35(53)20-16-33/h13-24,30-31,36-39H,25-29H2,1-12H3. The van der Waals surface area contributed by atoms with Crippen molar-refractivity contribution in [3.05, 3.63) is 94.8 Å². The second-order valence-corrected chi connectivity index (χ2v) is 23.5. The lowest BCUT2D eigenvalue weighted by molar-refractivity contribution is -0.290. The zero-order valence-electron chi connectivity index (χ0n) is 43.1. The number of carbonyl (C=O) groups excluding carboxylic acids is 2. The Morgan fingerprint density at radius 3 is 1.29 bits per heavy atom. The highest BCUT2D eigenvalue weighted by Gasteiger charge is 2.38. The molecular weight excluding hydrogens is 991 g/mol. The molecule has 4 aromatic rings. The molecule has 0 spiro atoms. The van der Waals surface area contributed by atoms with Crippen LogP contribution in [0.5, 0.6) is 0 Å². The number of sulfonamides is 2. The van der Waals surface area contributed by atoms with Gasteiger partial charge in [0.15, 0.2) is 11.6 Å². The first kappa shape index (κ1) is 56.5. The lowest BCUT2D eigenvalue weighted by Crippen LogP contribution is -2.45. The van der Waals surface area contributed by atoms with E-state index in [1.807, 2.05) is 27.7 Å². The molecule has 4 heterocycles. The molecule has 0 bridgehead atoms. The van der Waals surface area contributed by atoms with Gasteiger partial charge in [0, 0.05) is 49.2 Å². The Balaban J connectivity index is 1.10. The summed E-state index contributed by atoms with van der Waals surface area (Å²) < 4.78 is 115. The quantitative estimate of drug-likeness (QED) is 0.0676. The van der Waals surface area contributed by atoms with E-state index in [0.717, 1.165) is 21.1 Å². The maximum Gasteiger partial charge on any atom is 0.311 e. The number of esters is 2. The van der Waals surface area contributed by atoms with E-state index in [-0.39, 0.29) is 49.4 Å². The highest BCUT2D eigenvalue weighted by molar-refractivity contribution is 7.92. The lowest BCUT2D eigenvalue weighted by atomic mass is 9.97. The van der Waals surface area contributed by atoms with E-state index in [1.54, 1.807) is 76.3 Å². The van der Waals surface area contributed by atoms with E-state index < -0.39 is 86.4 Å². The van der Waals surface area contributed by atoms with Gasteiger partial charge < -0.3 is 28.4 Å². The molecule has 6 rings (SSSR count). The SMILES string of the molecule is CC(C)c1nc(N(C)S(C)(=O)=O)nc(-c2ccc(F)cc2)c1C=CC1CC(CC(=O)OCOC(=O)CC2CC(C=Cc3c(-c4ccc(F)cc4)nc(N(C)S(C)(=O)=O)nc3C(C)C)OC(C)(C)O2)OC(C)(C)O1. The number of anilines is 2. The average molecular weight is 1060 g/mol. The van der Waals surface area contributed by atoms with Gasteiger partial charge in [-0.3, -0.25) is 9.59 Å². The van der Waals surface area contributed by atoms with Crippen LogP contribution in [0, 0.1) is 11.6 Å². The van der Waals surface area contributed by atoms with Crippen molar-refractivity contribution in [2.75, 3.05) is 42.0 Å². The van der Waals surface area contributed by atoms with Crippen molar-refractivity contribution in [3.8, 4) is 22.5 Å². The number of aromatic nitrogens is 4. The minimum absolute atomic E-state index is 0.0477. The summed E-state index contributed by atoms with van der Waals surface area (Å²) in [5, 5.41) is 0. The van der Waals surface area contributed by atoms with Gasteiger partial charge >= 0.3 is 11.9 Å². The zero-order chi connectivity index (χ0) is 53.8. The molecule has 4 unspecified atom stereocenters. The van der Waals surface area contributed by atoms with Crippen LogP contribution in [0.25, 0.3) is 34.7 Å². The first-order chi connectivity index (χ1) is 34.0. The maximum absolute atomic E-state index is 14.0. The summed E-state index contributed by atoms with van der Waals surface area (Å²) >= 11 is 0. The summed E-state index contributed by atoms with van der Waals surface area (Å²) in [6.07, 6.45) is 6.74. The second kappa shape index (κ2) is 22.8. The summed E-state index contributed by atoms with van der Waals surface area (Å²) in [6.45, 7) is 13.8. The van der Waals surface area contributed by atoms with Crippen molar-refractivity contribution < 1.29 is 63.6 Å². The van der Waals surface area contributed by atoms with Crippen LogP contribution >= 0.6 is 0 Å². The first-order valence-electron chi connectivity index (χ1n) is 23.6. The van der Waals surface area contributed by atoms with Gasteiger partial charge in [-0.15, -0.1) is 0 Å². The summed E-state index contributed by atoms with van der Waals surface area (Å²) in [7, 11) is -4.74. The molecule has 2 aliphatic rings. The first-order valence-corrected chi connectivity index (χ1v) is 27.3. The van der Waals surface area contributed by atoms with Crippen molar-refractivity contribution in [3.63, 3.8) is 0 Å². The van der Waals surface area contributed by atoms with Gasteiger partial charge in [0.2, 0.25) is 38.7 Å². The molecule has 18 nitrogen and oxygen atoms in total. The van der Waals surface area contributed by atoms with Crippen LogP contribution in [-0.4, -0.2) is 118 Å². The van der Waals surface area contributed by atoms with Gasteiger partial charge in [0.05, 0.1) is 72.5 Å². The van der Waals surface area contributed by atoms with Gasteiger partial charge in [0.1, 0.15) is 11.6 Å². The number of benzene rings is 2. The average Bonchev–Trinajstić information content (AvgIpc) is 3.28. The Hall–Kier alpha value is -5.78. The Kier molecular flexibility index (Phi) is 17.6. The van der Waals surface area contributed by atoms with Gasteiger partial charge in [-0.25, -0.2) is 54.2 Å². The summed E-state index contributed by atoms with van der Waals surface area (Å²) in [4.78, 5) is 44.8. The Labute approximate surface area is 426 Å². The van der Waals surface area contributed by atoms with Gasteiger partial charge in [0.25, 0.3) is 0 Å². The topological polar surface area (TPSA) is 216 Å². The van der Waals surface area contributed by atoms with Gasteiger partial charge in [-0.05, 0) is 88.1 Å². The van der Waals surface area contributed by atoms with E-state index in [9.17, 15) is 35.2 Å². The van der Waals surface area contributed by atoms with Crippen LogP contribution in [0.3, 0.4) is 0 Å². The number of hydrogen-bond donors (Lipinski definition) is 0. The summed E-state index contributed by atoms with van der Waals surface area (Å²) in [5.74, 6) is -5.03. The molecule has 73 heavy (non-hydrogen) atoms. The number of halogens is 2. The van der Waals surface area contributed by atoms with Crippen LogP contribution in [0.15, 0.2) is 60.7 Å². The summed E-state index contributed by atoms with van der Waals surface area (Å²) in [5.41, 5.74) is 4.02. The van der Waals surface area contributed by atoms with Crippen LogP contribution in [0.2, 0.25) is 0 Å². The molecule has 0 amide bonds. The second-order valence-electron chi connectivity index (χ2n) is 19.5. The fourth-order valence-corrected chi connectivity index (χ4v) is 8.99. The van der Waals surface area contributed by atoms with Crippen LogP contribution < -0.4 is 8.61 Å². The monoisotopic (exact) mass is 1050 g/mol. The van der Waals surface area contributed by atoms with Gasteiger partial charge in [-0.1, -0.05) is 52.0 Å². The van der Waals surface area contributed by atoms with Crippen molar-refractivity contribution in [2.45, 2.75) is 129 Å². The highest BCUT2D eigenvalue weighted by Crippen LogP contribution is 2.36. The third-order valence-electron chi connectivity index (χ3n) is 11.8.